The zero-order chi connectivity index (χ0) is 10.7. The first kappa shape index (κ1) is 9.51. The van der Waals surface area contributed by atoms with Gasteiger partial charge in [-0.15, -0.1) is 0 Å². The van der Waals surface area contributed by atoms with Crippen LogP contribution in [0.1, 0.15) is 0 Å². The highest BCUT2D eigenvalue weighted by Crippen LogP contribution is 2.18. The highest BCUT2D eigenvalue weighted by atomic mass is 16.5. The van der Waals surface area contributed by atoms with Gasteiger partial charge in [0.2, 0.25) is 0 Å². The molecule has 0 unspecified atom stereocenters. The van der Waals surface area contributed by atoms with Crippen molar-refractivity contribution in [3.8, 4) is 5.75 Å². The zero-order valence-corrected chi connectivity index (χ0v) is 8.30. The van der Waals surface area contributed by atoms with Gasteiger partial charge >= 0.3 is 0 Å². The molecule has 0 fully saturated rings. The molecule has 1 heterocycles. The van der Waals surface area contributed by atoms with E-state index >= 15 is 0 Å². The molecule has 78 valence electrons. The predicted octanol–water partition coefficient (Wildman–Crippen LogP) is 0.575. The molecule has 5 heteroatoms. The largest absolute Gasteiger partial charge is 0.497 e. The van der Waals surface area contributed by atoms with Gasteiger partial charge in [0, 0.05) is 5.69 Å². The number of nitrogens with one attached hydrogen (secondary N) is 1. The van der Waals surface area contributed by atoms with Crippen LogP contribution in [0.15, 0.2) is 29.4 Å². The van der Waals surface area contributed by atoms with Crippen molar-refractivity contribution in [3.63, 3.8) is 0 Å². The lowest BCUT2D eigenvalue weighted by Gasteiger charge is -2.21. The summed E-state index contributed by atoms with van der Waals surface area (Å²) in [4.78, 5) is 12.8. The molecule has 1 aliphatic rings. The van der Waals surface area contributed by atoms with E-state index < -0.39 is 0 Å². The Kier molecular flexibility index (Phi) is 2.53. The molecule has 5 nitrogen and oxygen atoms in total. The van der Waals surface area contributed by atoms with E-state index in [1.807, 2.05) is 24.3 Å². The lowest BCUT2D eigenvalue weighted by molar-refractivity contribution is -0.119. The standard InChI is InChI=1S/C10H11N3O2/c1-15-9-4-2-8(3-5-9)13-6-10(14)12-11-7-13/h2-5,7H,6H2,1H3,(H,12,14). The number of rotatable bonds is 2. The molecule has 0 saturated carbocycles. The maximum atomic E-state index is 11.1. The number of anilines is 1. The van der Waals surface area contributed by atoms with Crippen LogP contribution in [0, 0.1) is 0 Å². The van der Waals surface area contributed by atoms with E-state index in [-0.39, 0.29) is 12.5 Å². The fourth-order valence-corrected chi connectivity index (χ4v) is 1.33. The van der Waals surface area contributed by atoms with Crippen molar-refractivity contribution >= 4 is 17.9 Å². The fourth-order valence-electron chi connectivity index (χ4n) is 1.33. The summed E-state index contributed by atoms with van der Waals surface area (Å²) in [5.41, 5.74) is 3.28. The molecule has 0 atom stereocenters. The van der Waals surface area contributed by atoms with Gasteiger partial charge in [-0.25, -0.2) is 5.43 Å². The Bertz CT molecular complexity index is 386. The maximum Gasteiger partial charge on any atom is 0.260 e. The van der Waals surface area contributed by atoms with Crippen molar-refractivity contribution in [2.45, 2.75) is 0 Å². The van der Waals surface area contributed by atoms with Crippen molar-refractivity contribution in [1.82, 2.24) is 5.43 Å². The highest BCUT2D eigenvalue weighted by molar-refractivity contribution is 5.93. The van der Waals surface area contributed by atoms with Crippen LogP contribution in [0.25, 0.3) is 0 Å². The molecule has 0 saturated heterocycles. The number of hydrogen-bond acceptors (Lipinski definition) is 4. The first-order valence-electron chi connectivity index (χ1n) is 4.52. The first-order chi connectivity index (χ1) is 7.29. The molecule has 0 radical (unpaired) electrons. The Morgan fingerprint density at radius 2 is 2.13 bits per heavy atom. The van der Waals surface area contributed by atoms with E-state index in [0.717, 1.165) is 11.4 Å². The third-order valence-electron chi connectivity index (χ3n) is 2.10. The summed E-state index contributed by atoms with van der Waals surface area (Å²) >= 11 is 0. The number of benzene rings is 1. The molecule has 1 aromatic carbocycles. The van der Waals surface area contributed by atoms with Crippen molar-refractivity contribution in [2.24, 2.45) is 5.10 Å². The monoisotopic (exact) mass is 205 g/mol. The van der Waals surface area contributed by atoms with Gasteiger partial charge in [0.25, 0.3) is 5.91 Å². The molecule has 1 aliphatic heterocycles. The summed E-state index contributed by atoms with van der Waals surface area (Å²) in [5.74, 6) is 0.672. The Morgan fingerprint density at radius 1 is 1.40 bits per heavy atom. The van der Waals surface area contributed by atoms with Gasteiger partial charge in [-0.05, 0) is 24.3 Å². The minimum Gasteiger partial charge on any atom is -0.497 e. The minimum atomic E-state index is -0.117. The number of carbonyl (C=O) groups excluding carboxylic acids is 1. The Morgan fingerprint density at radius 3 is 2.73 bits per heavy atom. The van der Waals surface area contributed by atoms with Crippen LogP contribution in [0.2, 0.25) is 0 Å². The third kappa shape index (κ3) is 2.07. The van der Waals surface area contributed by atoms with E-state index in [1.54, 1.807) is 18.3 Å². The van der Waals surface area contributed by atoms with Crippen LogP contribution in [0.4, 0.5) is 5.69 Å². The lowest BCUT2D eigenvalue weighted by atomic mass is 10.3. The molecule has 15 heavy (non-hydrogen) atoms. The molecule has 0 aromatic heterocycles. The topological polar surface area (TPSA) is 53.9 Å². The quantitative estimate of drug-likeness (QED) is 0.768. The first-order valence-corrected chi connectivity index (χ1v) is 4.52. The normalized spacial score (nSPS) is 15.0. The predicted molar refractivity (Wildman–Crippen MR) is 57.0 cm³/mol. The second kappa shape index (κ2) is 4.00. The molecule has 1 amide bonds. The molecular weight excluding hydrogens is 194 g/mol. The third-order valence-corrected chi connectivity index (χ3v) is 2.10. The van der Waals surface area contributed by atoms with Gasteiger partial charge < -0.3 is 9.64 Å². The van der Waals surface area contributed by atoms with E-state index in [0.29, 0.717) is 0 Å². The van der Waals surface area contributed by atoms with Gasteiger partial charge in [0.15, 0.2) is 0 Å². The van der Waals surface area contributed by atoms with Crippen LogP contribution < -0.4 is 15.1 Å². The van der Waals surface area contributed by atoms with Crippen molar-refractivity contribution in [2.75, 3.05) is 18.6 Å². The summed E-state index contributed by atoms with van der Waals surface area (Å²) in [7, 11) is 1.62. The summed E-state index contributed by atoms with van der Waals surface area (Å²) < 4.78 is 5.05. The number of hydrogen-bond donors (Lipinski definition) is 1. The number of methoxy groups -OCH3 is 1. The van der Waals surface area contributed by atoms with Gasteiger partial charge in [-0.2, -0.15) is 5.10 Å². The minimum absolute atomic E-state index is 0.117. The SMILES string of the molecule is COc1ccc(N2C=NNC(=O)C2)cc1. The summed E-state index contributed by atoms with van der Waals surface area (Å²) in [6.07, 6.45) is 1.59. The van der Waals surface area contributed by atoms with Crippen LogP contribution in [-0.4, -0.2) is 25.9 Å². The van der Waals surface area contributed by atoms with Crippen LogP contribution in [0.5, 0.6) is 5.75 Å². The smallest absolute Gasteiger partial charge is 0.260 e. The summed E-state index contributed by atoms with van der Waals surface area (Å²) in [6, 6.07) is 7.44. The van der Waals surface area contributed by atoms with E-state index in [9.17, 15) is 4.79 Å². The van der Waals surface area contributed by atoms with Crippen molar-refractivity contribution in [3.05, 3.63) is 24.3 Å². The molecule has 1 N–H and O–H groups in total. The molecule has 0 spiro atoms. The Hall–Kier alpha value is -2.04. The molecule has 1 aromatic rings. The second-order valence-corrected chi connectivity index (χ2v) is 3.11. The fraction of sp³-hybridized carbons (Fsp3) is 0.200. The summed E-state index contributed by atoms with van der Waals surface area (Å²) in [5, 5.41) is 3.73. The Labute approximate surface area is 87.3 Å². The van der Waals surface area contributed by atoms with Crippen molar-refractivity contribution in [1.29, 1.82) is 0 Å². The molecule has 2 rings (SSSR count). The molecule has 0 aliphatic carbocycles. The highest BCUT2D eigenvalue weighted by Gasteiger charge is 2.12. The second-order valence-electron chi connectivity index (χ2n) is 3.11. The number of carbonyl (C=O) groups is 1. The van der Waals surface area contributed by atoms with Gasteiger partial charge in [0.05, 0.1) is 7.11 Å². The summed E-state index contributed by atoms with van der Waals surface area (Å²) in [6.45, 7) is 0.288. The van der Waals surface area contributed by atoms with Gasteiger partial charge in [-0.1, -0.05) is 0 Å². The zero-order valence-electron chi connectivity index (χ0n) is 8.30. The van der Waals surface area contributed by atoms with Gasteiger partial charge in [-0.3, -0.25) is 4.79 Å². The molecular formula is C10H11N3O2. The average Bonchev–Trinajstić information content (AvgIpc) is 2.29. The lowest BCUT2D eigenvalue weighted by Crippen LogP contribution is -2.39. The molecule has 0 bridgehead atoms. The van der Waals surface area contributed by atoms with E-state index in [4.69, 9.17) is 4.74 Å². The van der Waals surface area contributed by atoms with Crippen LogP contribution >= 0.6 is 0 Å². The number of nitrogens with zero attached hydrogens (tertiary/aromatic N) is 2. The number of amides is 1. The average molecular weight is 205 g/mol. The van der Waals surface area contributed by atoms with Gasteiger partial charge in [0.1, 0.15) is 18.6 Å². The van der Waals surface area contributed by atoms with E-state index in [1.165, 1.54) is 0 Å². The van der Waals surface area contributed by atoms with E-state index in [2.05, 4.69) is 10.5 Å². The van der Waals surface area contributed by atoms with Crippen LogP contribution in [-0.2, 0) is 4.79 Å². The number of ether oxygens (including phenoxy) is 1. The maximum absolute atomic E-state index is 11.1. The van der Waals surface area contributed by atoms with Crippen molar-refractivity contribution < 1.29 is 9.53 Å². The Balaban J connectivity index is 2.18. The number of hydrazone groups is 1. The van der Waals surface area contributed by atoms with Crippen LogP contribution in [0.3, 0.4) is 0 Å².